The van der Waals surface area contributed by atoms with E-state index in [0.717, 1.165) is 11.4 Å². The average Bonchev–Trinajstić information content (AvgIpc) is 3.38. The summed E-state index contributed by atoms with van der Waals surface area (Å²) in [6.45, 7) is 1.57. The fourth-order valence-electron chi connectivity index (χ4n) is 3.62. The summed E-state index contributed by atoms with van der Waals surface area (Å²) in [7, 11) is 1.78. The van der Waals surface area contributed by atoms with E-state index in [1.165, 1.54) is 5.56 Å². The number of imidazole rings is 1. The molecule has 0 radical (unpaired) electrons. The molecule has 0 atom stereocenters. The molecule has 0 fully saturated rings. The molecule has 8 heteroatoms. The Hall–Kier alpha value is -3.78. The Morgan fingerprint density at radius 1 is 1.07 bits per heavy atom. The second-order valence-corrected chi connectivity index (χ2v) is 7.19. The molecule has 5 rings (SSSR count). The number of carbonyl (C=O) groups excluding carboxylic acids is 1. The van der Waals surface area contributed by atoms with Crippen LogP contribution in [0.4, 0.5) is 0 Å². The zero-order valence-corrected chi connectivity index (χ0v) is 16.4. The van der Waals surface area contributed by atoms with Gasteiger partial charge in [0.2, 0.25) is 11.7 Å². The van der Waals surface area contributed by atoms with Gasteiger partial charge in [-0.2, -0.15) is 4.98 Å². The van der Waals surface area contributed by atoms with Crippen LogP contribution >= 0.6 is 0 Å². The predicted molar refractivity (Wildman–Crippen MR) is 110 cm³/mol. The highest BCUT2D eigenvalue weighted by atomic mass is 16.5. The van der Waals surface area contributed by atoms with Crippen LogP contribution in [0.1, 0.15) is 27.5 Å². The minimum absolute atomic E-state index is 0.0286. The van der Waals surface area contributed by atoms with Gasteiger partial charge in [-0.05, 0) is 17.7 Å². The van der Waals surface area contributed by atoms with Crippen molar-refractivity contribution in [3.05, 3.63) is 83.6 Å². The van der Waals surface area contributed by atoms with Crippen LogP contribution in [0, 0.1) is 0 Å². The summed E-state index contributed by atoms with van der Waals surface area (Å²) in [5, 5.41) is 7.42. The van der Waals surface area contributed by atoms with Crippen molar-refractivity contribution in [3.63, 3.8) is 0 Å². The number of hydrogen-bond acceptors (Lipinski definition) is 6. The highest BCUT2D eigenvalue weighted by molar-refractivity contribution is 5.98. The van der Waals surface area contributed by atoms with Crippen LogP contribution in [0.25, 0.3) is 17.2 Å². The maximum atomic E-state index is 12.7. The van der Waals surface area contributed by atoms with Crippen LogP contribution in [0.5, 0.6) is 0 Å². The highest BCUT2D eigenvalue weighted by Gasteiger charge is 2.27. The Kier molecular flexibility index (Phi) is 4.61. The van der Waals surface area contributed by atoms with Crippen LogP contribution in [-0.4, -0.2) is 37.5 Å². The van der Waals surface area contributed by atoms with E-state index in [0.29, 0.717) is 42.6 Å². The zero-order chi connectivity index (χ0) is 20.5. The number of benzene rings is 2. The van der Waals surface area contributed by atoms with E-state index in [1.807, 2.05) is 47.0 Å². The minimum atomic E-state index is -0.0286. The summed E-state index contributed by atoms with van der Waals surface area (Å²) in [5.41, 5.74) is 4.09. The van der Waals surface area contributed by atoms with Crippen molar-refractivity contribution in [3.8, 4) is 17.2 Å². The summed E-state index contributed by atoms with van der Waals surface area (Å²) in [5.74, 6) is 0.876. The number of nitrogens with one attached hydrogen (secondary N) is 1. The molecular weight excluding hydrogens is 380 g/mol. The molecule has 1 N–H and O–H groups in total. The van der Waals surface area contributed by atoms with Gasteiger partial charge >= 0.3 is 0 Å². The number of nitrogens with zero attached hydrogens (tertiary/aromatic N) is 5. The molecule has 1 amide bonds. The van der Waals surface area contributed by atoms with E-state index < -0.39 is 0 Å². The first-order valence-corrected chi connectivity index (χ1v) is 9.69. The van der Waals surface area contributed by atoms with E-state index in [9.17, 15) is 4.79 Å². The smallest absolute Gasteiger partial charge is 0.256 e. The summed E-state index contributed by atoms with van der Waals surface area (Å²) in [4.78, 5) is 23.4. The molecule has 8 nitrogen and oxygen atoms in total. The molecule has 2 aromatic carbocycles. The van der Waals surface area contributed by atoms with Gasteiger partial charge in [-0.1, -0.05) is 47.6 Å². The predicted octanol–water partition coefficient (Wildman–Crippen LogP) is 2.80. The number of para-hydroxylation sites is 1. The third-order valence-electron chi connectivity index (χ3n) is 5.12. The van der Waals surface area contributed by atoms with Crippen molar-refractivity contribution >= 4 is 5.91 Å². The fourth-order valence-corrected chi connectivity index (χ4v) is 3.62. The topological polar surface area (TPSA) is 89.1 Å². The van der Waals surface area contributed by atoms with Crippen molar-refractivity contribution in [1.82, 2.24) is 29.9 Å². The Balaban J connectivity index is 1.40. The second kappa shape index (κ2) is 7.57. The Labute approximate surface area is 173 Å². The van der Waals surface area contributed by atoms with Gasteiger partial charge in [-0.15, -0.1) is 0 Å². The van der Waals surface area contributed by atoms with Gasteiger partial charge in [0.15, 0.2) is 0 Å². The number of hydrogen-bond donors (Lipinski definition) is 1. The number of fused-ring (bicyclic) bond motifs is 3. The van der Waals surface area contributed by atoms with Crippen LogP contribution in [-0.2, 0) is 19.6 Å². The van der Waals surface area contributed by atoms with E-state index in [2.05, 4.69) is 32.6 Å². The Morgan fingerprint density at radius 3 is 2.73 bits per heavy atom. The van der Waals surface area contributed by atoms with Gasteiger partial charge in [0.25, 0.3) is 5.91 Å². The first-order chi connectivity index (χ1) is 14.7. The summed E-state index contributed by atoms with van der Waals surface area (Å²) in [6.07, 6.45) is 1.71. The SMILES string of the molecule is CN1Cc2c(-c3noc(CNCc4ccccc4)n3)ncn2-c2ccccc2C1=O. The lowest BCUT2D eigenvalue weighted by atomic mass is 10.1. The van der Waals surface area contributed by atoms with E-state index >= 15 is 0 Å². The molecular formula is C22H20N6O2. The van der Waals surface area contributed by atoms with Gasteiger partial charge in [0, 0.05) is 13.6 Å². The normalized spacial score (nSPS) is 13.1. The van der Waals surface area contributed by atoms with E-state index in [-0.39, 0.29) is 5.91 Å². The zero-order valence-electron chi connectivity index (χ0n) is 16.4. The van der Waals surface area contributed by atoms with Gasteiger partial charge in [0.05, 0.1) is 30.0 Å². The Morgan fingerprint density at radius 2 is 1.87 bits per heavy atom. The summed E-state index contributed by atoms with van der Waals surface area (Å²) >= 11 is 0. The van der Waals surface area contributed by atoms with Gasteiger partial charge < -0.3 is 14.7 Å². The molecule has 1 aliphatic heterocycles. The van der Waals surface area contributed by atoms with E-state index in [1.54, 1.807) is 18.3 Å². The molecule has 30 heavy (non-hydrogen) atoms. The van der Waals surface area contributed by atoms with Crippen LogP contribution in [0.15, 0.2) is 65.4 Å². The third kappa shape index (κ3) is 3.27. The van der Waals surface area contributed by atoms with Crippen molar-refractivity contribution in [2.24, 2.45) is 0 Å². The van der Waals surface area contributed by atoms with Gasteiger partial charge in [0.1, 0.15) is 12.0 Å². The molecule has 1 aliphatic rings. The molecule has 4 aromatic rings. The largest absolute Gasteiger partial charge is 0.337 e. The number of carbonyl (C=O) groups is 1. The lowest BCUT2D eigenvalue weighted by Crippen LogP contribution is -2.25. The average molecular weight is 400 g/mol. The van der Waals surface area contributed by atoms with Crippen LogP contribution in [0.3, 0.4) is 0 Å². The van der Waals surface area contributed by atoms with Crippen molar-refractivity contribution in [1.29, 1.82) is 0 Å². The summed E-state index contributed by atoms with van der Waals surface area (Å²) < 4.78 is 7.34. The maximum absolute atomic E-state index is 12.7. The minimum Gasteiger partial charge on any atom is -0.337 e. The van der Waals surface area contributed by atoms with Gasteiger partial charge in [-0.3, -0.25) is 9.36 Å². The van der Waals surface area contributed by atoms with Crippen LogP contribution < -0.4 is 5.32 Å². The number of aromatic nitrogens is 4. The summed E-state index contributed by atoms with van der Waals surface area (Å²) in [6, 6.07) is 17.6. The highest BCUT2D eigenvalue weighted by Crippen LogP contribution is 2.29. The van der Waals surface area contributed by atoms with E-state index in [4.69, 9.17) is 4.52 Å². The quantitative estimate of drug-likeness (QED) is 0.554. The van der Waals surface area contributed by atoms with Gasteiger partial charge in [-0.25, -0.2) is 4.98 Å². The number of amides is 1. The van der Waals surface area contributed by atoms with Crippen LogP contribution in [0.2, 0.25) is 0 Å². The van der Waals surface area contributed by atoms with Crippen molar-refractivity contribution in [2.45, 2.75) is 19.6 Å². The first-order valence-electron chi connectivity index (χ1n) is 9.69. The molecule has 0 bridgehead atoms. The lowest BCUT2D eigenvalue weighted by Gasteiger charge is -2.14. The van der Waals surface area contributed by atoms with Crippen molar-refractivity contribution < 1.29 is 9.32 Å². The molecule has 0 saturated heterocycles. The molecule has 0 spiro atoms. The molecule has 0 aliphatic carbocycles. The molecule has 150 valence electrons. The molecule has 0 saturated carbocycles. The third-order valence-corrected chi connectivity index (χ3v) is 5.12. The maximum Gasteiger partial charge on any atom is 0.256 e. The standard InChI is InChI=1S/C22H20N6O2/c1-27-13-18-20(24-14-28(18)17-10-6-5-9-16(17)22(27)29)21-25-19(30-26-21)12-23-11-15-7-3-2-4-8-15/h2-10,14,23H,11-13H2,1H3. The monoisotopic (exact) mass is 400 g/mol. The molecule has 3 heterocycles. The first kappa shape index (κ1) is 18.3. The fraction of sp³-hybridized carbons (Fsp3) is 0.182. The Bertz CT molecular complexity index is 1200. The molecule has 0 unspecified atom stereocenters. The molecule has 2 aromatic heterocycles. The number of rotatable bonds is 5. The second-order valence-electron chi connectivity index (χ2n) is 7.19. The van der Waals surface area contributed by atoms with Crippen molar-refractivity contribution in [2.75, 3.05) is 7.05 Å². The lowest BCUT2D eigenvalue weighted by molar-refractivity contribution is 0.0788.